The normalized spacial score (nSPS) is 21.3. The number of hydrogen-bond donors (Lipinski definition) is 1. The third kappa shape index (κ3) is 6.27. The molecule has 1 N–H and O–H groups in total. The monoisotopic (exact) mass is 414 g/mol. The zero-order valence-electron chi connectivity index (χ0n) is 18.7. The summed E-state index contributed by atoms with van der Waals surface area (Å²) in [5.74, 6) is 0.798. The van der Waals surface area contributed by atoms with Crippen molar-refractivity contribution < 1.29 is 9.59 Å². The van der Waals surface area contributed by atoms with Crippen LogP contribution in [0.1, 0.15) is 64.4 Å². The minimum Gasteiger partial charge on any atom is -0.354 e. The van der Waals surface area contributed by atoms with Crippen LogP contribution in [-0.2, 0) is 16.0 Å². The average Bonchev–Trinajstić information content (AvgIpc) is 2.74. The lowest BCUT2D eigenvalue weighted by Crippen LogP contribution is -2.54. The van der Waals surface area contributed by atoms with Crippen molar-refractivity contribution in [1.82, 2.24) is 20.1 Å². The van der Waals surface area contributed by atoms with Gasteiger partial charge in [0, 0.05) is 57.1 Å². The van der Waals surface area contributed by atoms with Crippen molar-refractivity contribution in [2.45, 2.75) is 70.8 Å². The number of rotatable bonds is 4. The minimum atomic E-state index is -0.0124. The Morgan fingerprint density at radius 1 is 1.17 bits per heavy atom. The molecule has 0 atom stereocenters. The first-order valence-corrected chi connectivity index (χ1v) is 11.7. The Labute approximate surface area is 181 Å². The number of carbonyl (C=O) groups excluding carboxylic acids is 2. The van der Waals surface area contributed by atoms with Crippen LogP contribution in [0.2, 0.25) is 0 Å². The highest BCUT2D eigenvalue weighted by molar-refractivity contribution is 5.79. The fraction of sp³-hybridized carbons (Fsp3) is 0.708. The number of aromatic nitrogens is 1. The molecule has 1 aromatic rings. The van der Waals surface area contributed by atoms with E-state index >= 15 is 0 Å². The smallest absolute Gasteiger partial charge is 0.227 e. The molecular weight excluding hydrogens is 376 g/mol. The molecule has 2 fully saturated rings. The summed E-state index contributed by atoms with van der Waals surface area (Å²) in [6, 6.07) is 3.80. The van der Waals surface area contributed by atoms with E-state index in [9.17, 15) is 9.59 Å². The van der Waals surface area contributed by atoms with Gasteiger partial charge in [-0.25, -0.2) is 0 Å². The average molecular weight is 415 g/mol. The van der Waals surface area contributed by atoms with E-state index in [0.717, 1.165) is 44.5 Å². The van der Waals surface area contributed by atoms with Gasteiger partial charge in [0.2, 0.25) is 11.8 Å². The molecule has 0 radical (unpaired) electrons. The molecule has 2 aliphatic rings. The molecule has 1 saturated carbocycles. The molecule has 2 amide bonds. The second-order valence-corrected chi connectivity index (χ2v) is 9.42. The lowest BCUT2D eigenvalue weighted by Gasteiger charge is -2.47. The molecule has 1 saturated heterocycles. The lowest BCUT2D eigenvalue weighted by molar-refractivity contribution is -0.131. The van der Waals surface area contributed by atoms with E-state index in [-0.39, 0.29) is 17.4 Å². The molecule has 1 spiro atoms. The Morgan fingerprint density at radius 3 is 2.67 bits per heavy atom. The van der Waals surface area contributed by atoms with Gasteiger partial charge in [-0.1, -0.05) is 39.2 Å². The van der Waals surface area contributed by atoms with E-state index in [4.69, 9.17) is 0 Å². The molecule has 6 nitrogen and oxygen atoms in total. The molecule has 0 unspecified atom stereocenters. The first-order chi connectivity index (χ1) is 14.5. The maximum atomic E-state index is 12.9. The highest BCUT2D eigenvalue weighted by atomic mass is 16.2. The van der Waals surface area contributed by atoms with Gasteiger partial charge in [-0.15, -0.1) is 0 Å². The zero-order valence-corrected chi connectivity index (χ0v) is 18.7. The Balaban J connectivity index is 1.72. The van der Waals surface area contributed by atoms with E-state index < -0.39 is 0 Å². The first-order valence-electron chi connectivity index (χ1n) is 11.7. The third-order valence-corrected chi connectivity index (χ3v) is 6.52. The van der Waals surface area contributed by atoms with Crippen molar-refractivity contribution in [3.8, 4) is 0 Å². The summed E-state index contributed by atoms with van der Waals surface area (Å²) in [5.41, 5.74) is 0.921. The number of pyridine rings is 1. The van der Waals surface area contributed by atoms with Crippen LogP contribution in [-0.4, -0.2) is 64.9 Å². The molecule has 2 heterocycles. The van der Waals surface area contributed by atoms with Gasteiger partial charge in [0.25, 0.3) is 0 Å². The lowest BCUT2D eigenvalue weighted by atomic mass is 9.77. The first kappa shape index (κ1) is 22.7. The molecule has 3 rings (SSSR count). The van der Waals surface area contributed by atoms with Crippen LogP contribution in [0, 0.1) is 5.92 Å². The van der Waals surface area contributed by atoms with Crippen LogP contribution in [0.15, 0.2) is 24.5 Å². The van der Waals surface area contributed by atoms with Crippen molar-refractivity contribution >= 4 is 11.8 Å². The molecule has 166 valence electrons. The van der Waals surface area contributed by atoms with Crippen molar-refractivity contribution in [1.29, 1.82) is 0 Å². The van der Waals surface area contributed by atoms with E-state index in [1.165, 1.54) is 19.3 Å². The van der Waals surface area contributed by atoms with Crippen molar-refractivity contribution in [2.75, 3.05) is 32.7 Å². The largest absolute Gasteiger partial charge is 0.354 e. The zero-order chi connectivity index (χ0) is 21.4. The summed E-state index contributed by atoms with van der Waals surface area (Å²) in [4.78, 5) is 34.4. The SMILES string of the molecule is CC(C)CN1CCCN(C(=O)Cc2cccnc2)CCNC(=O)CC12CCCCC2. The molecule has 1 aliphatic carbocycles. The van der Waals surface area contributed by atoms with Gasteiger partial charge in [0.05, 0.1) is 6.42 Å². The topological polar surface area (TPSA) is 65.5 Å². The second kappa shape index (κ2) is 10.9. The predicted octanol–water partition coefficient (Wildman–Crippen LogP) is 3.02. The summed E-state index contributed by atoms with van der Waals surface area (Å²) in [5, 5.41) is 3.10. The fourth-order valence-electron chi connectivity index (χ4n) is 5.07. The molecule has 6 heteroatoms. The highest BCUT2D eigenvalue weighted by Crippen LogP contribution is 2.37. The van der Waals surface area contributed by atoms with Crippen molar-refractivity contribution in [2.24, 2.45) is 5.92 Å². The molecule has 30 heavy (non-hydrogen) atoms. The number of amides is 2. The Kier molecular flexibility index (Phi) is 8.25. The number of nitrogens with zero attached hydrogens (tertiary/aromatic N) is 3. The molecule has 1 aliphatic heterocycles. The van der Waals surface area contributed by atoms with Gasteiger partial charge in [-0.3, -0.25) is 19.5 Å². The van der Waals surface area contributed by atoms with Crippen molar-refractivity contribution in [3.05, 3.63) is 30.1 Å². The molecule has 1 aromatic heterocycles. The van der Waals surface area contributed by atoms with Gasteiger partial charge in [-0.2, -0.15) is 0 Å². The Hall–Kier alpha value is -1.95. The number of nitrogens with one attached hydrogen (secondary N) is 1. The highest BCUT2D eigenvalue weighted by Gasteiger charge is 2.40. The third-order valence-electron chi connectivity index (χ3n) is 6.52. The van der Waals surface area contributed by atoms with Gasteiger partial charge in [0.1, 0.15) is 0 Å². The number of hydrogen-bond acceptors (Lipinski definition) is 4. The van der Waals surface area contributed by atoms with Crippen LogP contribution < -0.4 is 5.32 Å². The summed E-state index contributed by atoms with van der Waals surface area (Å²) in [6.07, 6.45) is 11.3. The molecular formula is C24H38N4O2. The van der Waals surface area contributed by atoms with E-state index in [2.05, 4.69) is 29.0 Å². The Bertz CT molecular complexity index is 686. The van der Waals surface area contributed by atoms with E-state index in [1.54, 1.807) is 12.4 Å². The summed E-state index contributed by atoms with van der Waals surface area (Å²) < 4.78 is 0. The number of carbonyl (C=O) groups is 2. The van der Waals surface area contributed by atoms with Crippen LogP contribution in [0.25, 0.3) is 0 Å². The predicted molar refractivity (Wildman–Crippen MR) is 119 cm³/mol. The molecule has 0 bridgehead atoms. The fourth-order valence-corrected chi connectivity index (χ4v) is 5.07. The van der Waals surface area contributed by atoms with Gasteiger partial charge in [0.15, 0.2) is 0 Å². The van der Waals surface area contributed by atoms with Crippen LogP contribution in [0.5, 0.6) is 0 Å². The van der Waals surface area contributed by atoms with E-state index in [1.807, 2.05) is 17.0 Å². The van der Waals surface area contributed by atoms with Gasteiger partial charge in [-0.05, 0) is 36.8 Å². The maximum Gasteiger partial charge on any atom is 0.227 e. The Morgan fingerprint density at radius 2 is 1.97 bits per heavy atom. The second-order valence-electron chi connectivity index (χ2n) is 9.42. The van der Waals surface area contributed by atoms with Crippen LogP contribution in [0.3, 0.4) is 0 Å². The summed E-state index contributed by atoms with van der Waals surface area (Å²) >= 11 is 0. The molecule has 0 aromatic carbocycles. The maximum absolute atomic E-state index is 12.9. The van der Waals surface area contributed by atoms with Crippen molar-refractivity contribution in [3.63, 3.8) is 0 Å². The quantitative estimate of drug-likeness (QED) is 0.823. The summed E-state index contributed by atoms with van der Waals surface area (Å²) in [6.45, 7) is 8.30. The van der Waals surface area contributed by atoms with Crippen LogP contribution >= 0.6 is 0 Å². The van der Waals surface area contributed by atoms with Gasteiger partial charge >= 0.3 is 0 Å². The van der Waals surface area contributed by atoms with Gasteiger partial charge < -0.3 is 10.2 Å². The van der Waals surface area contributed by atoms with E-state index in [0.29, 0.717) is 31.8 Å². The minimum absolute atomic E-state index is 0.0124. The summed E-state index contributed by atoms with van der Waals surface area (Å²) in [7, 11) is 0. The van der Waals surface area contributed by atoms with Crippen LogP contribution in [0.4, 0.5) is 0 Å². The standard InChI is InChI=1S/C24H38N4O2/c1-20(2)19-28-14-7-13-27(23(30)16-21-8-6-11-25-18-21)15-12-26-22(29)17-24(28)9-4-3-5-10-24/h6,8,11,18,20H,3-5,7,9-10,12-17,19H2,1-2H3,(H,26,29).